The fraction of sp³-hybridized carbons (Fsp3) is 0.591. The minimum absolute atomic E-state index is 0.141. The van der Waals surface area contributed by atoms with Gasteiger partial charge in [0.15, 0.2) is 6.10 Å². The molecule has 0 spiro atoms. The second-order valence-corrected chi connectivity index (χ2v) is 8.81. The lowest BCUT2D eigenvalue weighted by atomic mass is 10.0. The van der Waals surface area contributed by atoms with Gasteiger partial charge >= 0.3 is 5.97 Å². The average molecular weight is 467 g/mol. The maximum atomic E-state index is 12.7. The van der Waals surface area contributed by atoms with Crippen LogP contribution in [0, 0.1) is 5.92 Å². The highest BCUT2D eigenvalue weighted by molar-refractivity contribution is 9.10. The van der Waals surface area contributed by atoms with Crippen molar-refractivity contribution in [2.75, 3.05) is 0 Å². The van der Waals surface area contributed by atoms with Gasteiger partial charge in [-0.15, -0.1) is 0 Å². The normalized spacial score (nSPS) is 17.1. The molecule has 1 saturated carbocycles. The molecule has 2 atom stereocenters. The van der Waals surface area contributed by atoms with Crippen LogP contribution in [0.1, 0.15) is 69.7 Å². The molecule has 6 nitrogen and oxygen atoms in total. The summed E-state index contributed by atoms with van der Waals surface area (Å²) in [5.41, 5.74) is 0.435. The van der Waals surface area contributed by atoms with Gasteiger partial charge in [0.25, 0.3) is 11.8 Å². The molecule has 0 unspecified atom stereocenters. The van der Waals surface area contributed by atoms with Gasteiger partial charge in [-0.25, -0.2) is 4.79 Å². The van der Waals surface area contributed by atoms with E-state index < -0.39 is 18.1 Å². The van der Waals surface area contributed by atoms with Crippen molar-refractivity contribution in [1.29, 1.82) is 0 Å². The summed E-state index contributed by atoms with van der Waals surface area (Å²) in [7, 11) is 0. The largest absolute Gasteiger partial charge is 0.451 e. The van der Waals surface area contributed by atoms with Crippen LogP contribution in [0.15, 0.2) is 28.7 Å². The van der Waals surface area contributed by atoms with Crippen LogP contribution in [0.4, 0.5) is 0 Å². The zero-order valence-corrected chi connectivity index (χ0v) is 19.0. The van der Waals surface area contributed by atoms with Gasteiger partial charge in [0, 0.05) is 10.5 Å². The molecule has 0 heterocycles. The van der Waals surface area contributed by atoms with Crippen molar-refractivity contribution in [3.05, 3.63) is 34.3 Å². The first-order valence-corrected chi connectivity index (χ1v) is 11.1. The topological polar surface area (TPSA) is 84.5 Å². The van der Waals surface area contributed by atoms with E-state index in [0.717, 1.165) is 25.7 Å². The Morgan fingerprint density at radius 3 is 2.24 bits per heavy atom. The Morgan fingerprint density at radius 1 is 1.03 bits per heavy atom. The van der Waals surface area contributed by atoms with Crippen molar-refractivity contribution in [1.82, 2.24) is 10.6 Å². The second kappa shape index (κ2) is 11.3. The maximum Gasteiger partial charge on any atom is 0.329 e. The molecule has 1 aliphatic carbocycles. The van der Waals surface area contributed by atoms with E-state index >= 15 is 0 Å². The Balaban J connectivity index is 1.94. The molecule has 0 bridgehead atoms. The van der Waals surface area contributed by atoms with Gasteiger partial charge in [0.1, 0.15) is 6.04 Å². The standard InChI is InChI=1S/C22H31BrN2O4/c1-14(2)19(25-21(27)17-12-8-9-13-18(17)23)22(28)29-15(3)20(26)24-16-10-6-4-5-7-11-16/h8-9,12-16,19H,4-7,10-11H2,1-3H3,(H,24,26)(H,25,27)/t15-,19-/m0/s1. The molecule has 0 aromatic heterocycles. The molecule has 1 aromatic rings. The number of esters is 1. The molecule has 29 heavy (non-hydrogen) atoms. The fourth-order valence-electron chi connectivity index (χ4n) is 3.41. The van der Waals surface area contributed by atoms with Gasteiger partial charge in [0.05, 0.1) is 5.56 Å². The molecule has 1 aliphatic rings. The van der Waals surface area contributed by atoms with E-state index in [0.29, 0.717) is 10.0 Å². The number of halogens is 1. The van der Waals surface area contributed by atoms with Crippen molar-refractivity contribution in [2.24, 2.45) is 5.92 Å². The lowest BCUT2D eigenvalue weighted by Crippen LogP contribution is -2.48. The zero-order chi connectivity index (χ0) is 21.4. The Labute approximate surface area is 181 Å². The molecule has 2 N–H and O–H groups in total. The van der Waals surface area contributed by atoms with E-state index in [1.165, 1.54) is 12.8 Å². The molecule has 1 fully saturated rings. The fourth-order valence-corrected chi connectivity index (χ4v) is 3.87. The summed E-state index contributed by atoms with van der Waals surface area (Å²) in [5, 5.41) is 5.73. The van der Waals surface area contributed by atoms with Crippen LogP contribution in [-0.2, 0) is 14.3 Å². The van der Waals surface area contributed by atoms with Crippen LogP contribution in [0.5, 0.6) is 0 Å². The number of carbonyl (C=O) groups is 3. The van der Waals surface area contributed by atoms with Crippen molar-refractivity contribution in [2.45, 2.75) is 77.5 Å². The lowest BCUT2D eigenvalue weighted by molar-refractivity contribution is -0.157. The van der Waals surface area contributed by atoms with Gasteiger partial charge < -0.3 is 15.4 Å². The van der Waals surface area contributed by atoms with Crippen LogP contribution in [0.3, 0.4) is 0 Å². The minimum atomic E-state index is -0.910. The third-order valence-corrected chi connectivity index (χ3v) is 5.88. The second-order valence-electron chi connectivity index (χ2n) is 7.95. The van der Waals surface area contributed by atoms with Gasteiger partial charge in [-0.3, -0.25) is 9.59 Å². The lowest BCUT2D eigenvalue weighted by Gasteiger charge is -2.24. The van der Waals surface area contributed by atoms with Crippen LogP contribution < -0.4 is 10.6 Å². The van der Waals surface area contributed by atoms with E-state index in [1.54, 1.807) is 25.1 Å². The number of amides is 2. The predicted octanol–water partition coefficient (Wildman–Crippen LogP) is 3.97. The van der Waals surface area contributed by atoms with Crippen LogP contribution in [-0.4, -0.2) is 36.0 Å². The molecule has 2 amide bonds. The highest BCUT2D eigenvalue weighted by Crippen LogP contribution is 2.18. The van der Waals surface area contributed by atoms with Crippen molar-refractivity contribution in [3.8, 4) is 0 Å². The minimum Gasteiger partial charge on any atom is -0.451 e. The SMILES string of the molecule is CC(C)[C@H](NC(=O)c1ccccc1Br)C(=O)O[C@@H](C)C(=O)NC1CCCCCC1. The average Bonchev–Trinajstić information content (AvgIpc) is 2.94. The number of hydrogen-bond acceptors (Lipinski definition) is 4. The van der Waals surface area contributed by atoms with E-state index in [-0.39, 0.29) is 23.8 Å². The first kappa shape index (κ1) is 23.4. The van der Waals surface area contributed by atoms with Crippen molar-refractivity contribution in [3.63, 3.8) is 0 Å². The third kappa shape index (κ3) is 7.14. The molecular formula is C22H31BrN2O4. The molecule has 0 radical (unpaired) electrons. The number of ether oxygens (including phenoxy) is 1. The smallest absolute Gasteiger partial charge is 0.329 e. The monoisotopic (exact) mass is 466 g/mol. The number of hydrogen-bond donors (Lipinski definition) is 2. The van der Waals surface area contributed by atoms with Crippen LogP contribution in [0.25, 0.3) is 0 Å². The summed E-state index contributed by atoms with van der Waals surface area (Å²) in [6.07, 6.45) is 5.62. The molecule has 1 aromatic carbocycles. The molecule has 2 rings (SSSR count). The van der Waals surface area contributed by atoms with E-state index in [9.17, 15) is 14.4 Å². The van der Waals surface area contributed by atoms with Gasteiger partial charge in [-0.05, 0) is 53.7 Å². The molecular weight excluding hydrogens is 436 g/mol. The van der Waals surface area contributed by atoms with Crippen molar-refractivity contribution >= 4 is 33.7 Å². The Bertz CT molecular complexity index is 715. The highest BCUT2D eigenvalue weighted by atomic mass is 79.9. The summed E-state index contributed by atoms with van der Waals surface area (Å²) in [5.74, 6) is -1.46. The van der Waals surface area contributed by atoms with Gasteiger partial charge in [-0.2, -0.15) is 0 Å². The number of nitrogens with one attached hydrogen (secondary N) is 2. The molecule has 0 aliphatic heterocycles. The van der Waals surface area contributed by atoms with Crippen molar-refractivity contribution < 1.29 is 19.1 Å². The third-order valence-electron chi connectivity index (χ3n) is 5.19. The Hall–Kier alpha value is -1.89. The summed E-state index contributed by atoms with van der Waals surface area (Å²) in [6.45, 7) is 5.21. The van der Waals surface area contributed by atoms with Crippen LogP contribution in [0.2, 0.25) is 0 Å². The zero-order valence-electron chi connectivity index (χ0n) is 17.4. The van der Waals surface area contributed by atoms with E-state index in [1.807, 2.05) is 19.9 Å². The summed E-state index contributed by atoms with van der Waals surface area (Å²) < 4.78 is 6.04. The van der Waals surface area contributed by atoms with E-state index in [4.69, 9.17) is 4.74 Å². The Morgan fingerprint density at radius 2 is 1.66 bits per heavy atom. The van der Waals surface area contributed by atoms with Gasteiger partial charge in [0.2, 0.25) is 0 Å². The number of benzene rings is 1. The highest BCUT2D eigenvalue weighted by Gasteiger charge is 2.30. The maximum absolute atomic E-state index is 12.7. The first-order chi connectivity index (χ1) is 13.8. The molecule has 7 heteroatoms. The van der Waals surface area contributed by atoms with Crippen LogP contribution >= 0.6 is 15.9 Å². The number of carbonyl (C=O) groups excluding carboxylic acids is 3. The summed E-state index contributed by atoms with van der Waals surface area (Å²) in [6, 6.07) is 6.29. The predicted molar refractivity (Wildman–Crippen MR) is 115 cm³/mol. The Kier molecular flexibility index (Phi) is 9.14. The van der Waals surface area contributed by atoms with E-state index in [2.05, 4.69) is 26.6 Å². The first-order valence-electron chi connectivity index (χ1n) is 10.4. The molecule has 0 saturated heterocycles. The molecule has 160 valence electrons. The quantitative estimate of drug-likeness (QED) is 0.470. The summed E-state index contributed by atoms with van der Waals surface area (Å²) >= 11 is 3.34. The van der Waals surface area contributed by atoms with Gasteiger partial charge in [-0.1, -0.05) is 51.7 Å². The number of rotatable bonds is 7. The summed E-state index contributed by atoms with van der Waals surface area (Å²) in [4.78, 5) is 37.7.